The van der Waals surface area contributed by atoms with Crippen molar-refractivity contribution in [1.29, 1.82) is 0 Å². The van der Waals surface area contributed by atoms with Crippen molar-refractivity contribution < 1.29 is 23.8 Å². The number of benzene rings is 2. The Bertz CT molecular complexity index is 914. The Kier molecular flexibility index (Phi) is 11.2. The quantitative estimate of drug-likeness (QED) is 0.248. The molecular formula is C29H43NO5. The zero-order chi connectivity index (χ0) is 25.0. The highest BCUT2D eigenvalue weighted by Crippen LogP contribution is 2.35. The Morgan fingerprint density at radius 1 is 0.800 bits per heavy atom. The lowest BCUT2D eigenvalue weighted by atomic mass is 9.99. The Morgan fingerprint density at radius 2 is 1.51 bits per heavy atom. The number of unbranched alkanes of at least 4 members (excludes halogenated alkanes) is 2. The van der Waals surface area contributed by atoms with Gasteiger partial charge in [-0.25, -0.2) is 0 Å². The van der Waals surface area contributed by atoms with Gasteiger partial charge in [0.1, 0.15) is 23.9 Å². The number of rotatable bonds is 16. The SMILES string of the molecule is CCCCOc1cc(OCCCC)c(C(C)C)cc1CON1Cc2ccc(OCCOC)cc2C1. The van der Waals surface area contributed by atoms with Gasteiger partial charge in [0.05, 0.1) is 26.4 Å². The lowest BCUT2D eigenvalue weighted by Crippen LogP contribution is -2.17. The molecular weight excluding hydrogens is 442 g/mol. The lowest BCUT2D eigenvalue weighted by molar-refractivity contribution is -0.176. The Morgan fingerprint density at radius 3 is 2.20 bits per heavy atom. The van der Waals surface area contributed by atoms with Gasteiger partial charge < -0.3 is 18.9 Å². The van der Waals surface area contributed by atoms with Crippen molar-refractivity contribution in [2.45, 2.75) is 79.0 Å². The Labute approximate surface area is 211 Å². The molecule has 0 fully saturated rings. The highest BCUT2D eigenvalue weighted by Gasteiger charge is 2.22. The second-order valence-electron chi connectivity index (χ2n) is 9.40. The molecule has 0 saturated carbocycles. The van der Waals surface area contributed by atoms with Crippen LogP contribution in [0.4, 0.5) is 0 Å². The van der Waals surface area contributed by atoms with E-state index in [9.17, 15) is 0 Å². The number of hydrogen-bond acceptors (Lipinski definition) is 6. The third-order valence-corrected chi connectivity index (χ3v) is 6.16. The van der Waals surface area contributed by atoms with E-state index in [1.165, 1.54) is 16.7 Å². The molecule has 1 heterocycles. The maximum Gasteiger partial charge on any atom is 0.128 e. The van der Waals surface area contributed by atoms with Crippen LogP contribution in [0.2, 0.25) is 0 Å². The largest absolute Gasteiger partial charge is 0.493 e. The minimum Gasteiger partial charge on any atom is -0.493 e. The molecule has 6 heteroatoms. The standard InChI is InChI=1S/C29H43NO5/c1-6-8-12-33-28-18-29(34-13-9-7-2)27(22(3)4)17-25(28)21-35-30-19-23-10-11-26(16-24(23)20-30)32-15-14-31-5/h10-11,16-18,22H,6-9,12-15,19-21H2,1-5H3. The van der Waals surface area contributed by atoms with Crippen molar-refractivity contribution in [3.63, 3.8) is 0 Å². The molecule has 0 N–H and O–H groups in total. The van der Waals surface area contributed by atoms with Crippen molar-refractivity contribution >= 4 is 0 Å². The smallest absolute Gasteiger partial charge is 0.128 e. The van der Waals surface area contributed by atoms with Crippen LogP contribution in [0, 0.1) is 0 Å². The minimum atomic E-state index is 0.350. The van der Waals surface area contributed by atoms with Crippen LogP contribution in [0.3, 0.4) is 0 Å². The van der Waals surface area contributed by atoms with Crippen molar-refractivity contribution in [2.75, 3.05) is 33.5 Å². The summed E-state index contributed by atoms with van der Waals surface area (Å²) in [6, 6.07) is 10.5. The molecule has 35 heavy (non-hydrogen) atoms. The Hall–Kier alpha value is -2.28. The van der Waals surface area contributed by atoms with E-state index in [0.29, 0.717) is 32.3 Å². The summed E-state index contributed by atoms with van der Waals surface area (Å²) in [6.45, 7) is 13.3. The molecule has 0 aromatic heterocycles. The van der Waals surface area contributed by atoms with Gasteiger partial charge in [-0.1, -0.05) is 46.6 Å². The molecule has 0 radical (unpaired) electrons. The molecule has 0 saturated heterocycles. The fraction of sp³-hybridized carbons (Fsp3) is 0.586. The predicted molar refractivity (Wildman–Crippen MR) is 139 cm³/mol. The summed E-state index contributed by atoms with van der Waals surface area (Å²) < 4.78 is 23.2. The summed E-state index contributed by atoms with van der Waals surface area (Å²) in [5.41, 5.74) is 4.77. The Balaban J connectivity index is 1.69. The maximum absolute atomic E-state index is 6.28. The van der Waals surface area contributed by atoms with Crippen LogP contribution in [-0.4, -0.2) is 38.6 Å². The molecule has 0 aliphatic carbocycles. The van der Waals surface area contributed by atoms with Crippen molar-refractivity contribution in [2.24, 2.45) is 0 Å². The van der Waals surface area contributed by atoms with E-state index < -0.39 is 0 Å². The summed E-state index contributed by atoms with van der Waals surface area (Å²) >= 11 is 0. The fourth-order valence-corrected chi connectivity index (χ4v) is 4.03. The first kappa shape index (κ1) is 27.3. The van der Waals surface area contributed by atoms with Gasteiger partial charge in [0.15, 0.2) is 0 Å². The second kappa shape index (κ2) is 14.3. The first-order chi connectivity index (χ1) is 17.0. The van der Waals surface area contributed by atoms with Crippen LogP contribution in [-0.2, 0) is 29.3 Å². The van der Waals surface area contributed by atoms with Gasteiger partial charge in [0.2, 0.25) is 0 Å². The summed E-state index contributed by atoms with van der Waals surface area (Å²) in [5, 5.41) is 2.01. The number of fused-ring (bicyclic) bond motifs is 1. The summed E-state index contributed by atoms with van der Waals surface area (Å²) in [4.78, 5) is 6.28. The molecule has 3 rings (SSSR count). The summed E-state index contributed by atoms with van der Waals surface area (Å²) in [5.74, 6) is 3.01. The van der Waals surface area contributed by atoms with E-state index in [2.05, 4.69) is 52.0 Å². The van der Waals surface area contributed by atoms with E-state index in [4.69, 9.17) is 23.8 Å². The zero-order valence-electron chi connectivity index (χ0n) is 22.2. The van der Waals surface area contributed by atoms with Gasteiger partial charge in [0.25, 0.3) is 0 Å². The molecule has 0 amide bonds. The summed E-state index contributed by atoms with van der Waals surface area (Å²) in [7, 11) is 1.68. The average molecular weight is 486 g/mol. The molecule has 0 spiro atoms. The van der Waals surface area contributed by atoms with Crippen LogP contribution in [0.1, 0.15) is 81.5 Å². The highest BCUT2D eigenvalue weighted by atomic mass is 16.7. The van der Waals surface area contributed by atoms with E-state index in [-0.39, 0.29) is 0 Å². The van der Waals surface area contributed by atoms with Gasteiger partial charge in [-0.15, -0.1) is 0 Å². The van der Waals surface area contributed by atoms with E-state index in [1.807, 2.05) is 11.1 Å². The van der Waals surface area contributed by atoms with Crippen LogP contribution in [0.15, 0.2) is 30.3 Å². The van der Waals surface area contributed by atoms with Crippen LogP contribution < -0.4 is 14.2 Å². The first-order valence-corrected chi connectivity index (χ1v) is 13.1. The van der Waals surface area contributed by atoms with Gasteiger partial charge in [-0.3, -0.25) is 4.84 Å². The van der Waals surface area contributed by atoms with E-state index in [1.54, 1.807) is 7.11 Å². The summed E-state index contributed by atoms with van der Waals surface area (Å²) in [6.07, 6.45) is 4.28. The number of hydrogen-bond donors (Lipinski definition) is 0. The molecule has 0 unspecified atom stereocenters. The number of hydroxylamine groups is 2. The van der Waals surface area contributed by atoms with Gasteiger partial charge in [0, 0.05) is 31.8 Å². The third kappa shape index (κ3) is 8.13. The number of nitrogens with zero attached hydrogens (tertiary/aromatic N) is 1. The van der Waals surface area contributed by atoms with Gasteiger partial charge in [-0.05, 0) is 53.6 Å². The van der Waals surface area contributed by atoms with Crippen molar-refractivity contribution in [3.05, 3.63) is 52.6 Å². The molecule has 2 aromatic carbocycles. The monoisotopic (exact) mass is 485 g/mol. The molecule has 1 aliphatic rings. The van der Waals surface area contributed by atoms with Crippen LogP contribution in [0.25, 0.3) is 0 Å². The van der Waals surface area contributed by atoms with Crippen molar-refractivity contribution in [3.8, 4) is 17.2 Å². The second-order valence-corrected chi connectivity index (χ2v) is 9.40. The molecule has 2 aromatic rings. The lowest BCUT2D eigenvalue weighted by Gasteiger charge is -2.21. The topological polar surface area (TPSA) is 49.4 Å². The third-order valence-electron chi connectivity index (χ3n) is 6.16. The van der Waals surface area contributed by atoms with Gasteiger partial charge >= 0.3 is 0 Å². The predicted octanol–water partition coefficient (Wildman–Crippen LogP) is 6.64. The molecule has 0 atom stereocenters. The maximum atomic E-state index is 6.28. The van der Waals surface area contributed by atoms with Crippen molar-refractivity contribution in [1.82, 2.24) is 5.06 Å². The molecule has 1 aliphatic heterocycles. The number of methoxy groups -OCH3 is 1. The number of ether oxygens (including phenoxy) is 4. The zero-order valence-corrected chi connectivity index (χ0v) is 22.2. The highest BCUT2D eigenvalue weighted by molar-refractivity contribution is 5.48. The minimum absolute atomic E-state index is 0.350. The molecule has 0 bridgehead atoms. The van der Waals surface area contributed by atoms with Gasteiger partial charge in [-0.2, -0.15) is 5.06 Å². The fourth-order valence-electron chi connectivity index (χ4n) is 4.03. The molecule has 194 valence electrons. The normalized spacial score (nSPS) is 13.3. The van der Waals surface area contributed by atoms with E-state index >= 15 is 0 Å². The first-order valence-electron chi connectivity index (χ1n) is 13.1. The van der Waals surface area contributed by atoms with Crippen LogP contribution in [0.5, 0.6) is 17.2 Å². The van der Waals surface area contributed by atoms with Crippen LogP contribution >= 0.6 is 0 Å². The van der Waals surface area contributed by atoms with E-state index in [0.717, 1.165) is 68.2 Å². The molecule has 6 nitrogen and oxygen atoms in total. The average Bonchev–Trinajstić information content (AvgIpc) is 3.26.